The van der Waals surface area contributed by atoms with Gasteiger partial charge in [0, 0.05) is 12.1 Å². The van der Waals surface area contributed by atoms with E-state index >= 15 is 0 Å². The summed E-state index contributed by atoms with van der Waals surface area (Å²) in [5.41, 5.74) is 0.448. The molecule has 1 aromatic rings. The second-order valence-corrected chi connectivity index (χ2v) is 3.18. The molecule has 1 rings (SSSR count). The molecule has 2 N–H and O–H groups in total. The Morgan fingerprint density at radius 2 is 2.06 bits per heavy atom. The van der Waals surface area contributed by atoms with Gasteiger partial charge >= 0.3 is 5.97 Å². The van der Waals surface area contributed by atoms with Crippen LogP contribution in [0.4, 0.5) is 5.69 Å². The number of nitro groups is 1. The molecule has 1 unspecified atom stereocenters. The Bertz CT molecular complexity index is 388. The van der Waals surface area contributed by atoms with Gasteiger partial charge in [-0.25, -0.2) is 0 Å². The molecule has 0 heterocycles. The van der Waals surface area contributed by atoms with Crippen LogP contribution in [0, 0.1) is 10.1 Å². The van der Waals surface area contributed by atoms with Crippen LogP contribution in [0.15, 0.2) is 24.3 Å². The van der Waals surface area contributed by atoms with Gasteiger partial charge in [-0.15, -0.1) is 0 Å². The minimum Gasteiger partial charge on any atom is -0.480 e. The topological polar surface area (TPSA) is 92.5 Å². The molecule has 0 spiro atoms. The first kappa shape index (κ1) is 12.1. The first-order chi connectivity index (χ1) is 7.56. The molecule has 86 valence electrons. The quantitative estimate of drug-likeness (QED) is 0.581. The van der Waals surface area contributed by atoms with Crippen LogP contribution in [0.5, 0.6) is 0 Å². The Labute approximate surface area is 92.0 Å². The van der Waals surface area contributed by atoms with Crippen molar-refractivity contribution >= 4 is 11.7 Å². The molecule has 6 nitrogen and oxygen atoms in total. The molecule has 0 fully saturated rings. The number of nitro benzene ring substituents is 1. The number of rotatable bonds is 5. The number of non-ortho nitro benzene ring substituents is 1. The van der Waals surface area contributed by atoms with Gasteiger partial charge in [-0.05, 0) is 12.1 Å². The fraction of sp³-hybridized carbons (Fsp3) is 0.300. The maximum absolute atomic E-state index is 10.9. The molecular formula is C10H12N2O4. The number of aliphatic carboxylic acids is 1. The number of nitrogens with one attached hydrogen (secondary N) is 1. The van der Waals surface area contributed by atoms with Crippen LogP contribution in [-0.2, 0) is 4.79 Å². The SMILES string of the molecule is CCNC(C(=O)O)c1ccc([N+](=O)[O-])cc1. The van der Waals surface area contributed by atoms with E-state index in [1.165, 1.54) is 24.3 Å². The normalized spacial score (nSPS) is 12.1. The molecule has 16 heavy (non-hydrogen) atoms. The second kappa shape index (κ2) is 5.22. The monoisotopic (exact) mass is 224 g/mol. The number of hydrogen-bond acceptors (Lipinski definition) is 4. The van der Waals surface area contributed by atoms with Crippen LogP contribution in [0.3, 0.4) is 0 Å². The summed E-state index contributed by atoms with van der Waals surface area (Å²) < 4.78 is 0. The van der Waals surface area contributed by atoms with E-state index in [0.717, 1.165) is 0 Å². The number of benzene rings is 1. The Kier molecular flexibility index (Phi) is 3.96. The number of likely N-dealkylation sites (N-methyl/N-ethyl adjacent to an activating group) is 1. The van der Waals surface area contributed by atoms with Crippen LogP contribution < -0.4 is 5.32 Å². The van der Waals surface area contributed by atoms with Crippen molar-refractivity contribution in [2.45, 2.75) is 13.0 Å². The predicted molar refractivity (Wildman–Crippen MR) is 57.1 cm³/mol. The van der Waals surface area contributed by atoms with Crippen molar-refractivity contribution in [2.75, 3.05) is 6.54 Å². The van der Waals surface area contributed by atoms with Crippen molar-refractivity contribution in [3.63, 3.8) is 0 Å². The van der Waals surface area contributed by atoms with Crippen LogP contribution in [-0.4, -0.2) is 22.5 Å². The van der Waals surface area contributed by atoms with E-state index in [-0.39, 0.29) is 5.69 Å². The average molecular weight is 224 g/mol. The third-order valence-electron chi connectivity index (χ3n) is 2.09. The lowest BCUT2D eigenvalue weighted by Gasteiger charge is -2.12. The lowest BCUT2D eigenvalue weighted by atomic mass is 10.1. The number of carboxylic acids is 1. The maximum atomic E-state index is 10.9. The van der Waals surface area contributed by atoms with Crippen molar-refractivity contribution in [3.8, 4) is 0 Å². The smallest absolute Gasteiger partial charge is 0.325 e. The van der Waals surface area contributed by atoms with Crippen LogP contribution in [0.25, 0.3) is 0 Å². The van der Waals surface area contributed by atoms with E-state index in [1.807, 2.05) is 0 Å². The summed E-state index contributed by atoms with van der Waals surface area (Å²) in [6, 6.07) is 4.65. The molecule has 0 bridgehead atoms. The molecule has 0 aliphatic heterocycles. The summed E-state index contributed by atoms with van der Waals surface area (Å²) in [6.45, 7) is 2.30. The highest BCUT2D eigenvalue weighted by Gasteiger charge is 2.18. The maximum Gasteiger partial charge on any atom is 0.325 e. The molecule has 0 radical (unpaired) electrons. The van der Waals surface area contributed by atoms with Crippen molar-refractivity contribution in [1.82, 2.24) is 5.32 Å². The zero-order valence-electron chi connectivity index (χ0n) is 8.71. The van der Waals surface area contributed by atoms with E-state index in [2.05, 4.69) is 5.32 Å². The van der Waals surface area contributed by atoms with E-state index in [1.54, 1.807) is 6.92 Å². The van der Waals surface area contributed by atoms with Crippen molar-refractivity contribution < 1.29 is 14.8 Å². The molecule has 0 aliphatic carbocycles. The average Bonchev–Trinajstić information content (AvgIpc) is 2.25. The van der Waals surface area contributed by atoms with Crippen molar-refractivity contribution in [1.29, 1.82) is 0 Å². The molecule has 0 saturated heterocycles. The number of hydrogen-bond donors (Lipinski definition) is 2. The number of nitrogens with zero attached hydrogens (tertiary/aromatic N) is 1. The molecule has 0 aromatic heterocycles. The molecular weight excluding hydrogens is 212 g/mol. The summed E-state index contributed by atoms with van der Waals surface area (Å²) in [4.78, 5) is 20.8. The fourth-order valence-electron chi connectivity index (χ4n) is 1.34. The van der Waals surface area contributed by atoms with Gasteiger partial charge in [0.25, 0.3) is 5.69 Å². The van der Waals surface area contributed by atoms with E-state index in [9.17, 15) is 14.9 Å². The Morgan fingerprint density at radius 3 is 2.44 bits per heavy atom. The van der Waals surface area contributed by atoms with E-state index in [0.29, 0.717) is 12.1 Å². The van der Waals surface area contributed by atoms with Crippen molar-refractivity contribution in [3.05, 3.63) is 39.9 Å². The van der Waals surface area contributed by atoms with Gasteiger partial charge in [0.2, 0.25) is 0 Å². The Hall–Kier alpha value is -1.95. The fourth-order valence-corrected chi connectivity index (χ4v) is 1.34. The van der Waals surface area contributed by atoms with Crippen molar-refractivity contribution in [2.24, 2.45) is 0 Å². The van der Waals surface area contributed by atoms with Gasteiger partial charge in [-0.2, -0.15) is 0 Å². The van der Waals surface area contributed by atoms with Crippen LogP contribution in [0.1, 0.15) is 18.5 Å². The molecule has 0 aliphatic rings. The number of carboxylic acid groups (broad SMARTS) is 1. The van der Waals surface area contributed by atoms with Gasteiger partial charge in [0.05, 0.1) is 4.92 Å². The van der Waals surface area contributed by atoms with Gasteiger partial charge in [-0.1, -0.05) is 19.1 Å². The predicted octanol–water partition coefficient (Wildman–Crippen LogP) is 1.33. The van der Waals surface area contributed by atoms with Crippen LogP contribution >= 0.6 is 0 Å². The molecule has 1 atom stereocenters. The summed E-state index contributed by atoms with van der Waals surface area (Å²) in [7, 11) is 0. The molecule has 6 heteroatoms. The first-order valence-corrected chi connectivity index (χ1v) is 4.76. The molecule has 0 amide bonds. The highest BCUT2D eigenvalue weighted by Crippen LogP contribution is 2.17. The van der Waals surface area contributed by atoms with Gasteiger partial charge in [0.1, 0.15) is 6.04 Å². The standard InChI is InChI=1S/C10H12N2O4/c1-2-11-9(10(13)14)7-3-5-8(6-4-7)12(15)16/h3-6,9,11H,2H2,1H3,(H,13,14). The lowest BCUT2D eigenvalue weighted by molar-refractivity contribution is -0.384. The Balaban J connectivity index is 2.94. The van der Waals surface area contributed by atoms with E-state index in [4.69, 9.17) is 5.11 Å². The third kappa shape index (κ3) is 2.77. The molecule has 0 saturated carbocycles. The van der Waals surface area contributed by atoms with Gasteiger partial charge in [0.15, 0.2) is 0 Å². The van der Waals surface area contributed by atoms with Gasteiger partial charge in [-0.3, -0.25) is 14.9 Å². The largest absolute Gasteiger partial charge is 0.480 e. The zero-order chi connectivity index (χ0) is 12.1. The zero-order valence-corrected chi connectivity index (χ0v) is 8.71. The minimum absolute atomic E-state index is 0.0515. The molecule has 1 aromatic carbocycles. The number of carbonyl (C=O) groups is 1. The highest BCUT2D eigenvalue weighted by atomic mass is 16.6. The Morgan fingerprint density at radius 1 is 1.50 bits per heavy atom. The van der Waals surface area contributed by atoms with Gasteiger partial charge < -0.3 is 10.4 Å². The second-order valence-electron chi connectivity index (χ2n) is 3.18. The lowest BCUT2D eigenvalue weighted by Crippen LogP contribution is -2.28. The first-order valence-electron chi connectivity index (χ1n) is 4.76. The van der Waals surface area contributed by atoms with E-state index < -0.39 is 16.9 Å². The van der Waals surface area contributed by atoms with Crippen LogP contribution in [0.2, 0.25) is 0 Å². The minimum atomic E-state index is -1.00. The summed E-state index contributed by atoms with van der Waals surface area (Å²) in [5.74, 6) is -1.00. The third-order valence-corrected chi connectivity index (χ3v) is 2.09. The summed E-state index contributed by atoms with van der Waals surface area (Å²) in [5, 5.41) is 22.1. The highest BCUT2D eigenvalue weighted by molar-refractivity contribution is 5.75. The summed E-state index contributed by atoms with van der Waals surface area (Å²) >= 11 is 0. The summed E-state index contributed by atoms with van der Waals surface area (Å²) in [6.07, 6.45) is 0.